The average Bonchev–Trinajstić information content (AvgIpc) is 3.46. The summed E-state index contributed by atoms with van der Waals surface area (Å²) in [6.45, 7) is 4.17. The zero-order valence-electron chi connectivity index (χ0n) is 26.2. The van der Waals surface area contributed by atoms with Gasteiger partial charge in [0.25, 0.3) is 0 Å². The van der Waals surface area contributed by atoms with E-state index in [1.165, 1.54) is 11.8 Å². The molecular weight excluding hydrogens is 610 g/mol. The normalized spacial score (nSPS) is 17.5. The van der Waals surface area contributed by atoms with Gasteiger partial charge in [0.05, 0.1) is 18.7 Å². The van der Waals surface area contributed by atoms with Crippen LogP contribution in [-0.2, 0) is 33.6 Å². The Morgan fingerprint density at radius 3 is 2.13 bits per heavy atom. The molecule has 260 valence electrons. The number of rotatable bonds is 19. The van der Waals surface area contributed by atoms with Gasteiger partial charge in [-0.25, -0.2) is 4.79 Å². The summed E-state index contributed by atoms with van der Waals surface area (Å²) in [6.07, 6.45) is -0.848. The third-order valence-electron chi connectivity index (χ3n) is 7.14. The number of aliphatic imine (C=N–C) groups is 1. The summed E-state index contributed by atoms with van der Waals surface area (Å²) in [4.78, 5) is 92.1. The van der Waals surface area contributed by atoms with Crippen LogP contribution in [0.5, 0.6) is 0 Å². The van der Waals surface area contributed by atoms with Crippen molar-refractivity contribution in [3.05, 3.63) is 0 Å². The fourth-order valence-corrected chi connectivity index (χ4v) is 4.63. The number of carbonyl (C=O) groups is 7. The second kappa shape index (κ2) is 19.1. The number of amides is 5. The molecule has 1 fully saturated rings. The Morgan fingerprint density at radius 2 is 1.59 bits per heavy atom. The molecular formula is C27H47N9O10. The summed E-state index contributed by atoms with van der Waals surface area (Å²) < 4.78 is 0. The second-order valence-corrected chi connectivity index (χ2v) is 11.3. The molecule has 1 heterocycles. The number of carbonyl (C=O) groups excluding carboxylic acids is 5. The van der Waals surface area contributed by atoms with E-state index in [9.17, 15) is 38.7 Å². The van der Waals surface area contributed by atoms with Gasteiger partial charge < -0.3 is 58.7 Å². The van der Waals surface area contributed by atoms with E-state index in [1.807, 2.05) is 0 Å². The fraction of sp³-hybridized carbons (Fsp3) is 0.704. The van der Waals surface area contributed by atoms with E-state index in [-0.39, 0.29) is 51.2 Å². The van der Waals surface area contributed by atoms with Gasteiger partial charge >= 0.3 is 11.9 Å². The Bertz CT molecular complexity index is 1140. The third kappa shape index (κ3) is 13.2. The second-order valence-electron chi connectivity index (χ2n) is 11.3. The lowest BCUT2D eigenvalue weighted by Crippen LogP contribution is -2.58. The molecule has 0 aromatic heterocycles. The SMILES string of the molecule is CC(C)[C@H](NC(=O)[C@@H]1CCCN1C(=O)[C@H](CCCN=C(N)N)NC(=O)[C@@H](N)CCC(=O)O)C(=O)NCC(=O)N[C@H](C(=O)O)[C@@H](C)O. The van der Waals surface area contributed by atoms with E-state index in [4.69, 9.17) is 27.4 Å². The smallest absolute Gasteiger partial charge is 0.328 e. The molecule has 0 aliphatic carbocycles. The molecule has 46 heavy (non-hydrogen) atoms. The molecule has 19 nitrogen and oxygen atoms in total. The maximum Gasteiger partial charge on any atom is 0.328 e. The van der Waals surface area contributed by atoms with E-state index in [1.54, 1.807) is 13.8 Å². The van der Waals surface area contributed by atoms with Crippen LogP contribution in [0.2, 0.25) is 0 Å². The Labute approximate surface area is 266 Å². The minimum absolute atomic E-state index is 0.0781. The quantitative estimate of drug-likeness (QED) is 0.0359. The van der Waals surface area contributed by atoms with Crippen molar-refractivity contribution in [2.75, 3.05) is 19.6 Å². The number of carboxylic acids is 2. The Kier molecular flexibility index (Phi) is 16.4. The van der Waals surface area contributed by atoms with E-state index < -0.39 is 90.3 Å². The van der Waals surface area contributed by atoms with E-state index in [2.05, 4.69) is 26.3 Å². The lowest BCUT2D eigenvalue weighted by atomic mass is 10.0. The van der Waals surface area contributed by atoms with Gasteiger partial charge in [-0.15, -0.1) is 0 Å². The highest BCUT2D eigenvalue weighted by molar-refractivity contribution is 5.96. The van der Waals surface area contributed by atoms with Crippen LogP contribution >= 0.6 is 0 Å². The van der Waals surface area contributed by atoms with Gasteiger partial charge in [-0.1, -0.05) is 13.8 Å². The van der Waals surface area contributed by atoms with Crippen LogP contribution in [0.4, 0.5) is 0 Å². The van der Waals surface area contributed by atoms with Crippen molar-refractivity contribution < 1.29 is 48.9 Å². The Hall–Kier alpha value is -4.52. The van der Waals surface area contributed by atoms with Crippen LogP contribution < -0.4 is 38.5 Å². The molecule has 0 saturated carbocycles. The van der Waals surface area contributed by atoms with Crippen molar-refractivity contribution in [1.82, 2.24) is 26.2 Å². The number of nitrogens with zero attached hydrogens (tertiary/aromatic N) is 2. The Balaban J connectivity index is 2.99. The number of hydrogen-bond donors (Lipinski definition) is 10. The maximum atomic E-state index is 13.7. The molecule has 0 spiro atoms. The van der Waals surface area contributed by atoms with Gasteiger partial charge in [-0.3, -0.25) is 33.8 Å². The van der Waals surface area contributed by atoms with Gasteiger partial charge in [0.1, 0.15) is 18.1 Å². The highest BCUT2D eigenvalue weighted by atomic mass is 16.4. The molecule has 1 aliphatic heterocycles. The van der Waals surface area contributed by atoms with Gasteiger partial charge in [0.2, 0.25) is 29.5 Å². The van der Waals surface area contributed by atoms with Crippen molar-refractivity contribution in [2.24, 2.45) is 28.1 Å². The van der Waals surface area contributed by atoms with E-state index >= 15 is 0 Å². The van der Waals surface area contributed by atoms with Crippen LogP contribution in [0.25, 0.3) is 0 Å². The molecule has 0 radical (unpaired) electrons. The van der Waals surface area contributed by atoms with Crippen LogP contribution in [0, 0.1) is 5.92 Å². The first-order valence-corrected chi connectivity index (χ1v) is 14.9. The summed E-state index contributed by atoms with van der Waals surface area (Å²) in [5, 5.41) is 37.1. The average molecular weight is 658 g/mol. The zero-order valence-corrected chi connectivity index (χ0v) is 26.2. The summed E-state index contributed by atoms with van der Waals surface area (Å²) in [7, 11) is 0. The number of hydrogen-bond acceptors (Lipinski definition) is 10. The number of aliphatic hydroxyl groups is 1. The third-order valence-corrected chi connectivity index (χ3v) is 7.14. The minimum Gasteiger partial charge on any atom is -0.481 e. The standard InChI is InChI=1S/C27H47N9O10/c1-13(2)20(24(43)32-12-18(38)34-21(14(3)37)26(45)46)35-23(42)17-7-5-11-36(17)25(44)16(6-4-10-31-27(29)30)33-22(41)15(28)8-9-19(39)40/h13-17,20-21,37H,4-12,28H2,1-3H3,(H,32,43)(H,33,41)(H,34,38)(H,35,42)(H,39,40)(H,45,46)(H4,29,30,31)/t14-,15+,16+,17+,20+,21+/m1/s1. The number of likely N-dealkylation sites (tertiary alicyclic amines) is 1. The number of guanidine groups is 1. The molecule has 5 amide bonds. The van der Waals surface area contributed by atoms with Crippen LogP contribution in [-0.4, -0.2) is 124 Å². The number of carboxylic acid groups (broad SMARTS) is 2. The predicted octanol–water partition coefficient (Wildman–Crippen LogP) is -4.08. The van der Waals surface area contributed by atoms with Crippen LogP contribution in [0.3, 0.4) is 0 Å². The highest BCUT2D eigenvalue weighted by Crippen LogP contribution is 2.20. The molecule has 6 atom stereocenters. The van der Waals surface area contributed by atoms with E-state index in [0.29, 0.717) is 6.42 Å². The lowest BCUT2D eigenvalue weighted by molar-refractivity contribution is -0.144. The number of aliphatic carboxylic acids is 2. The first-order chi connectivity index (χ1) is 21.5. The number of aliphatic hydroxyl groups excluding tert-OH is 1. The minimum atomic E-state index is -1.59. The first kappa shape index (κ1) is 39.5. The summed E-state index contributed by atoms with van der Waals surface area (Å²) in [5.41, 5.74) is 16.5. The molecule has 0 bridgehead atoms. The predicted molar refractivity (Wildman–Crippen MR) is 162 cm³/mol. The van der Waals surface area contributed by atoms with Crippen molar-refractivity contribution in [1.29, 1.82) is 0 Å². The van der Waals surface area contributed by atoms with Crippen molar-refractivity contribution in [2.45, 2.75) is 95.6 Å². The number of nitrogens with two attached hydrogens (primary N) is 3. The fourth-order valence-electron chi connectivity index (χ4n) is 4.63. The molecule has 19 heteroatoms. The van der Waals surface area contributed by atoms with Gasteiger partial charge in [0.15, 0.2) is 12.0 Å². The topological polar surface area (TPSA) is 322 Å². The summed E-state index contributed by atoms with van der Waals surface area (Å²) in [6, 6.07) is -6.05. The molecule has 1 rings (SSSR count). The van der Waals surface area contributed by atoms with Crippen molar-refractivity contribution >= 4 is 47.4 Å². The molecule has 1 saturated heterocycles. The summed E-state index contributed by atoms with van der Waals surface area (Å²) >= 11 is 0. The molecule has 0 aromatic carbocycles. The number of nitrogens with one attached hydrogen (secondary N) is 4. The van der Waals surface area contributed by atoms with Gasteiger partial charge in [0, 0.05) is 19.5 Å². The molecule has 0 unspecified atom stereocenters. The van der Waals surface area contributed by atoms with Gasteiger partial charge in [-0.05, 0) is 44.9 Å². The van der Waals surface area contributed by atoms with Crippen LogP contribution in [0.1, 0.15) is 59.3 Å². The largest absolute Gasteiger partial charge is 0.481 e. The monoisotopic (exact) mass is 657 g/mol. The molecule has 0 aromatic rings. The highest BCUT2D eigenvalue weighted by Gasteiger charge is 2.39. The van der Waals surface area contributed by atoms with E-state index in [0.717, 1.165) is 0 Å². The van der Waals surface area contributed by atoms with Crippen molar-refractivity contribution in [3.8, 4) is 0 Å². The molecule has 13 N–H and O–H groups in total. The lowest BCUT2D eigenvalue weighted by Gasteiger charge is -2.31. The Morgan fingerprint density at radius 1 is 0.935 bits per heavy atom. The maximum absolute atomic E-state index is 13.7. The molecule has 1 aliphatic rings. The van der Waals surface area contributed by atoms with Crippen LogP contribution in [0.15, 0.2) is 4.99 Å². The van der Waals surface area contributed by atoms with Gasteiger partial charge in [-0.2, -0.15) is 0 Å². The zero-order chi connectivity index (χ0) is 35.1. The van der Waals surface area contributed by atoms with Crippen molar-refractivity contribution in [3.63, 3.8) is 0 Å². The summed E-state index contributed by atoms with van der Waals surface area (Å²) in [5.74, 6) is -6.82. The first-order valence-electron chi connectivity index (χ1n) is 14.9.